The minimum atomic E-state index is -1.21. The predicted molar refractivity (Wildman–Crippen MR) is 84.4 cm³/mol. The Morgan fingerprint density at radius 1 is 0.727 bits per heavy atom. The van der Waals surface area contributed by atoms with Gasteiger partial charge in [-0.2, -0.15) is 0 Å². The molecule has 0 N–H and O–H groups in total. The lowest BCUT2D eigenvalue weighted by Crippen LogP contribution is -2.41. The standard InChI is InChI=1S/C18H22O4/c1-9-10(2)12(4)14(13(5)11(9)3)8-15-16(19)21-18(6,7)22-17(15)20/h8H,1-7H3. The Bertz CT molecular complexity index is 657. The van der Waals surface area contributed by atoms with Crippen LogP contribution in [0.4, 0.5) is 0 Å². The summed E-state index contributed by atoms with van der Waals surface area (Å²) in [6, 6.07) is 0. The Kier molecular flexibility index (Phi) is 3.90. The van der Waals surface area contributed by atoms with Crippen LogP contribution in [0, 0.1) is 34.6 Å². The number of carbonyl (C=O) groups excluding carboxylic acids is 2. The summed E-state index contributed by atoms with van der Waals surface area (Å²) in [7, 11) is 0. The van der Waals surface area contributed by atoms with E-state index in [0.29, 0.717) is 0 Å². The summed E-state index contributed by atoms with van der Waals surface area (Å²) in [5.41, 5.74) is 6.47. The molecule has 0 radical (unpaired) electrons. The lowest BCUT2D eigenvalue weighted by Gasteiger charge is -2.30. The van der Waals surface area contributed by atoms with E-state index in [1.54, 1.807) is 6.08 Å². The fraction of sp³-hybridized carbons (Fsp3) is 0.444. The molecule has 0 unspecified atom stereocenters. The summed E-state index contributed by atoms with van der Waals surface area (Å²) >= 11 is 0. The zero-order chi connectivity index (χ0) is 16.8. The van der Waals surface area contributed by atoms with Gasteiger partial charge in [0, 0.05) is 13.8 Å². The molecule has 1 saturated heterocycles. The van der Waals surface area contributed by atoms with Gasteiger partial charge >= 0.3 is 11.9 Å². The fourth-order valence-corrected chi connectivity index (χ4v) is 2.67. The highest BCUT2D eigenvalue weighted by molar-refractivity contribution is 6.19. The van der Waals surface area contributed by atoms with Crippen LogP contribution in [-0.2, 0) is 19.1 Å². The molecular weight excluding hydrogens is 280 g/mol. The van der Waals surface area contributed by atoms with Crippen molar-refractivity contribution in [3.63, 3.8) is 0 Å². The number of cyclic esters (lactones) is 2. The third-order valence-electron chi connectivity index (χ3n) is 4.46. The van der Waals surface area contributed by atoms with Gasteiger partial charge in [0.25, 0.3) is 5.79 Å². The van der Waals surface area contributed by atoms with Crippen molar-refractivity contribution in [3.8, 4) is 0 Å². The average Bonchev–Trinajstić information content (AvgIpc) is 2.40. The van der Waals surface area contributed by atoms with E-state index < -0.39 is 17.7 Å². The smallest absolute Gasteiger partial charge is 0.348 e. The number of rotatable bonds is 1. The van der Waals surface area contributed by atoms with Crippen molar-refractivity contribution in [3.05, 3.63) is 39.0 Å². The minimum absolute atomic E-state index is 0.0619. The number of hydrogen-bond donors (Lipinski definition) is 0. The molecule has 0 aliphatic carbocycles. The maximum atomic E-state index is 12.1. The lowest BCUT2D eigenvalue weighted by molar-refractivity contribution is -0.222. The Hall–Kier alpha value is -2.10. The third-order valence-corrected chi connectivity index (χ3v) is 4.46. The monoisotopic (exact) mass is 302 g/mol. The van der Waals surface area contributed by atoms with Crippen molar-refractivity contribution in [1.29, 1.82) is 0 Å². The highest BCUT2D eigenvalue weighted by Gasteiger charge is 2.39. The molecule has 1 heterocycles. The van der Waals surface area contributed by atoms with Gasteiger partial charge in [0.05, 0.1) is 0 Å². The van der Waals surface area contributed by atoms with E-state index in [0.717, 1.165) is 27.8 Å². The van der Waals surface area contributed by atoms with E-state index >= 15 is 0 Å². The van der Waals surface area contributed by atoms with Crippen LogP contribution in [0.2, 0.25) is 0 Å². The van der Waals surface area contributed by atoms with Crippen LogP contribution in [0.5, 0.6) is 0 Å². The van der Waals surface area contributed by atoms with Crippen LogP contribution in [0.1, 0.15) is 47.2 Å². The Labute approximate surface area is 131 Å². The van der Waals surface area contributed by atoms with Gasteiger partial charge in [0.2, 0.25) is 0 Å². The summed E-state index contributed by atoms with van der Waals surface area (Å²) in [6.45, 7) is 13.2. The summed E-state index contributed by atoms with van der Waals surface area (Å²) in [4.78, 5) is 24.2. The Morgan fingerprint density at radius 2 is 1.09 bits per heavy atom. The highest BCUT2D eigenvalue weighted by Crippen LogP contribution is 2.30. The quantitative estimate of drug-likeness (QED) is 0.453. The predicted octanol–water partition coefficient (Wildman–Crippen LogP) is 3.45. The van der Waals surface area contributed by atoms with E-state index in [4.69, 9.17) is 9.47 Å². The van der Waals surface area contributed by atoms with Crippen LogP contribution in [-0.4, -0.2) is 17.7 Å². The van der Waals surface area contributed by atoms with E-state index in [-0.39, 0.29) is 5.57 Å². The minimum Gasteiger partial charge on any atom is -0.419 e. The fourth-order valence-electron chi connectivity index (χ4n) is 2.67. The number of carbonyl (C=O) groups is 2. The zero-order valence-corrected chi connectivity index (χ0v) is 14.2. The largest absolute Gasteiger partial charge is 0.419 e. The first-order chi connectivity index (χ1) is 10.0. The molecule has 0 saturated carbocycles. The van der Waals surface area contributed by atoms with Crippen LogP contribution in [0.25, 0.3) is 6.08 Å². The Morgan fingerprint density at radius 3 is 1.50 bits per heavy atom. The first-order valence-corrected chi connectivity index (χ1v) is 7.30. The SMILES string of the molecule is Cc1c(C)c(C)c(C=C2C(=O)OC(C)(C)OC2=O)c(C)c1C. The molecule has 1 aromatic carbocycles. The summed E-state index contributed by atoms with van der Waals surface area (Å²) in [6.07, 6.45) is 1.59. The first-order valence-electron chi connectivity index (χ1n) is 7.30. The molecule has 2 rings (SSSR count). The number of ether oxygens (including phenoxy) is 2. The molecular formula is C18H22O4. The molecule has 118 valence electrons. The first kappa shape index (κ1) is 16.3. The summed E-state index contributed by atoms with van der Waals surface area (Å²) in [5.74, 6) is -2.50. The maximum Gasteiger partial charge on any atom is 0.348 e. The van der Waals surface area contributed by atoms with E-state index in [9.17, 15) is 9.59 Å². The summed E-state index contributed by atoms with van der Waals surface area (Å²) < 4.78 is 10.3. The molecule has 1 aliphatic heterocycles. The van der Waals surface area contributed by atoms with Crippen molar-refractivity contribution < 1.29 is 19.1 Å². The Balaban J connectivity index is 2.60. The lowest BCUT2D eigenvalue weighted by atomic mass is 9.88. The topological polar surface area (TPSA) is 52.6 Å². The molecule has 0 aromatic heterocycles. The number of esters is 2. The van der Waals surface area contributed by atoms with Crippen LogP contribution in [0.3, 0.4) is 0 Å². The van der Waals surface area contributed by atoms with Gasteiger partial charge in [0.15, 0.2) is 0 Å². The van der Waals surface area contributed by atoms with Gasteiger partial charge in [0.1, 0.15) is 5.57 Å². The second-order valence-corrected chi connectivity index (χ2v) is 6.28. The van der Waals surface area contributed by atoms with E-state index in [1.165, 1.54) is 19.4 Å². The molecule has 0 bridgehead atoms. The number of hydrogen-bond acceptors (Lipinski definition) is 4. The van der Waals surface area contributed by atoms with Crippen molar-refractivity contribution in [2.45, 2.75) is 54.3 Å². The van der Waals surface area contributed by atoms with Crippen LogP contribution < -0.4 is 0 Å². The van der Waals surface area contributed by atoms with Gasteiger partial charge < -0.3 is 9.47 Å². The molecule has 0 amide bonds. The zero-order valence-electron chi connectivity index (χ0n) is 14.2. The summed E-state index contributed by atoms with van der Waals surface area (Å²) in [5, 5.41) is 0. The molecule has 0 spiro atoms. The normalized spacial score (nSPS) is 17.1. The highest BCUT2D eigenvalue weighted by atomic mass is 16.7. The van der Waals surface area contributed by atoms with Gasteiger partial charge in [-0.1, -0.05) is 0 Å². The maximum absolute atomic E-state index is 12.1. The molecule has 0 atom stereocenters. The second kappa shape index (κ2) is 5.27. The van der Waals surface area contributed by atoms with Crippen molar-refractivity contribution in [2.75, 3.05) is 0 Å². The molecule has 1 aromatic rings. The van der Waals surface area contributed by atoms with Crippen LogP contribution >= 0.6 is 0 Å². The van der Waals surface area contributed by atoms with Crippen molar-refractivity contribution in [1.82, 2.24) is 0 Å². The molecule has 22 heavy (non-hydrogen) atoms. The van der Waals surface area contributed by atoms with Gasteiger partial charge in [-0.3, -0.25) is 0 Å². The van der Waals surface area contributed by atoms with E-state index in [1.807, 2.05) is 27.7 Å². The van der Waals surface area contributed by atoms with Crippen LogP contribution in [0.15, 0.2) is 5.57 Å². The molecule has 1 fully saturated rings. The molecule has 4 heteroatoms. The molecule has 4 nitrogen and oxygen atoms in total. The van der Waals surface area contributed by atoms with Gasteiger partial charge in [-0.25, -0.2) is 9.59 Å². The number of benzene rings is 1. The van der Waals surface area contributed by atoms with Crippen molar-refractivity contribution >= 4 is 18.0 Å². The van der Waals surface area contributed by atoms with Gasteiger partial charge in [-0.15, -0.1) is 0 Å². The average molecular weight is 302 g/mol. The van der Waals surface area contributed by atoms with Gasteiger partial charge in [-0.05, 0) is 74.1 Å². The van der Waals surface area contributed by atoms with Crippen molar-refractivity contribution in [2.24, 2.45) is 0 Å². The third kappa shape index (κ3) is 2.65. The van der Waals surface area contributed by atoms with E-state index in [2.05, 4.69) is 6.92 Å². The second-order valence-electron chi connectivity index (χ2n) is 6.28. The molecule has 1 aliphatic rings.